The second kappa shape index (κ2) is 9.08. The van der Waals surface area contributed by atoms with E-state index in [4.69, 9.17) is 14.2 Å². The number of aryl methyl sites for hydroxylation is 1. The Balaban J connectivity index is 1.61. The van der Waals surface area contributed by atoms with Gasteiger partial charge in [0.2, 0.25) is 11.7 Å². The van der Waals surface area contributed by atoms with Crippen LogP contribution >= 0.6 is 0 Å². The third-order valence-corrected chi connectivity index (χ3v) is 4.60. The van der Waals surface area contributed by atoms with Crippen molar-refractivity contribution in [2.75, 3.05) is 21.3 Å². The van der Waals surface area contributed by atoms with Gasteiger partial charge in [0, 0.05) is 30.7 Å². The Hall–Kier alpha value is -3.28. The molecule has 1 amide bonds. The van der Waals surface area contributed by atoms with Crippen LogP contribution in [0.4, 0.5) is 0 Å². The van der Waals surface area contributed by atoms with E-state index >= 15 is 0 Å². The van der Waals surface area contributed by atoms with Gasteiger partial charge in [-0.05, 0) is 41.1 Å². The van der Waals surface area contributed by atoms with E-state index in [2.05, 4.69) is 16.4 Å². The third-order valence-electron chi connectivity index (χ3n) is 4.60. The number of amides is 1. The van der Waals surface area contributed by atoms with Crippen LogP contribution in [0.15, 0.2) is 48.8 Å². The van der Waals surface area contributed by atoms with Gasteiger partial charge < -0.3 is 19.5 Å². The van der Waals surface area contributed by atoms with Crippen LogP contribution in [0.25, 0.3) is 10.8 Å². The van der Waals surface area contributed by atoms with Gasteiger partial charge in [0.15, 0.2) is 11.5 Å². The van der Waals surface area contributed by atoms with Crippen molar-refractivity contribution in [2.45, 2.75) is 19.4 Å². The number of nitrogens with one attached hydrogen (secondary N) is 1. The van der Waals surface area contributed by atoms with Gasteiger partial charge in [0.05, 0.1) is 21.3 Å². The molecule has 3 rings (SSSR count). The molecule has 146 valence electrons. The topological polar surface area (TPSA) is 69.7 Å². The van der Waals surface area contributed by atoms with Crippen LogP contribution < -0.4 is 19.5 Å². The summed E-state index contributed by atoms with van der Waals surface area (Å²) in [5.74, 6) is 1.71. The number of hydrogen-bond donors (Lipinski definition) is 1. The predicted molar refractivity (Wildman–Crippen MR) is 108 cm³/mol. The molecule has 0 fully saturated rings. The van der Waals surface area contributed by atoms with Crippen molar-refractivity contribution in [3.05, 3.63) is 59.9 Å². The molecule has 0 bridgehead atoms. The van der Waals surface area contributed by atoms with Crippen LogP contribution in [0.2, 0.25) is 0 Å². The van der Waals surface area contributed by atoms with Crippen molar-refractivity contribution in [1.82, 2.24) is 10.3 Å². The van der Waals surface area contributed by atoms with E-state index in [-0.39, 0.29) is 5.91 Å². The summed E-state index contributed by atoms with van der Waals surface area (Å²) in [6, 6.07) is 11.8. The fourth-order valence-corrected chi connectivity index (χ4v) is 3.14. The van der Waals surface area contributed by atoms with E-state index in [9.17, 15) is 4.79 Å². The number of carbonyl (C=O) groups is 1. The summed E-state index contributed by atoms with van der Waals surface area (Å²) in [7, 11) is 4.72. The fraction of sp³-hybridized carbons (Fsp3) is 0.273. The minimum absolute atomic E-state index is 0.0216. The molecule has 3 aromatic rings. The Bertz CT molecular complexity index is 972. The first-order valence-corrected chi connectivity index (χ1v) is 9.03. The van der Waals surface area contributed by atoms with Gasteiger partial charge in [0.1, 0.15) is 0 Å². The smallest absolute Gasteiger partial charge is 0.220 e. The number of rotatable bonds is 8. The lowest BCUT2D eigenvalue weighted by atomic mass is 10.1. The van der Waals surface area contributed by atoms with E-state index < -0.39 is 0 Å². The molecule has 0 atom stereocenters. The Morgan fingerprint density at radius 2 is 1.79 bits per heavy atom. The van der Waals surface area contributed by atoms with Gasteiger partial charge in [-0.2, -0.15) is 0 Å². The molecule has 6 heteroatoms. The van der Waals surface area contributed by atoms with E-state index in [1.165, 1.54) is 0 Å². The monoisotopic (exact) mass is 380 g/mol. The van der Waals surface area contributed by atoms with E-state index in [0.717, 1.165) is 21.9 Å². The lowest BCUT2D eigenvalue weighted by Gasteiger charge is -2.15. The Labute approximate surface area is 164 Å². The third kappa shape index (κ3) is 4.34. The van der Waals surface area contributed by atoms with Gasteiger partial charge in [-0.15, -0.1) is 0 Å². The average molecular weight is 380 g/mol. The standard InChI is InChI=1S/C22H24N2O4/c1-26-19-8-6-16(21(27-2)22(19)28-3)7-9-20(25)24-13-15-4-5-18-14-23-11-10-17(18)12-15/h4-6,8,10-12,14H,7,9,13H2,1-3H3,(H,24,25). The molecule has 0 aliphatic carbocycles. The molecule has 0 unspecified atom stereocenters. The van der Waals surface area contributed by atoms with Crippen molar-refractivity contribution in [1.29, 1.82) is 0 Å². The quantitative estimate of drug-likeness (QED) is 0.648. The number of nitrogens with zero attached hydrogens (tertiary/aromatic N) is 1. The second-order valence-electron chi connectivity index (χ2n) is 6.33. The van der Waals surface area contributed by atoms with Crippen molar-refractivity contribution in [3.63, 3.8) is 0 Å². The van der Waals surface area contributed by atoms with E-state index in [0.29, 0.717) is 36.6 Å². The number of ether oxygens (including phenoxy) is 3. The highest BCUT2D eigenvalue weighted by Gasteiger charge is 2.16. The lowest BCUT2D eigenvalue weighted by molar-refractivity contribution is -0.121. The van der Waals surface area contributed by atoms with Crippen molar-refractivity contribution < 1.29 is 19.0 Å². The first kappa shape index (κ1) is 19.5. The molecule has 0 saturated heterocycles. The molecule has 28 heavy (non-hydrogen) atoms. The molecule has 0 spiro atoms. The van der Waals surface area contributed by atoms with Gasteiger partial charge in [-0.1, -0.05) is 18.2 Å². The maximum absolute atomic E-state index is 12.3. The summed E-state index contributed by atoms with van der Waals surface area (Å²) in [5.41, 5.74) is 1.95. The first-order valence-electron chi connectivity index (χ1n) is 9.03. The molecule has 1 heterocycles. The van der Waals surface area contributed by atoms with Crippen molar-refractivity contribution >= 4 is 16.7 Å². The van der Waals surface area contributed by atoms with Gasteiger partial charge in [0.25, 0.3) is 0 Å². The number of hydrogen-bond acceptors (Lipinski definition) is 5. The number of aromatic nitrogens is 1. The molecule has 0 aliphatic rings. The molecule has 1 aromatic heterocycles. The molecule has 2 aromatic carbocycles. The lowest BCUT2D eigenvalue weighted by Crippen LogP contribution is -2.23. The largest absolute Gasteiger partial charge is 0.493 e. The summed E-state index contributed by atoms with van der Waals surface area (Å²) in [4.78, 5) is 16.4. The molecule has 1 N–H and O–H groups in total. The minimum Gasteiger partial charge on any atom is -0.493 e. The molecule has 0 aliphatic heterocycles. The highest BCUT2D eigenvalue weighted by molar-refractivity contribution is 5.82. The van der Waals surface area contributed by atoms with Crippen LogP contribution in [0.1, 0.15) is 17.5 Å². The number of pyridine rings is 1. The first-order chi connectivity index (χ1) is 13.7. The van der Waals surface area contributed by atoms with Gasteiger partial charge in [-0.3, -0.25) is 9.78 Å². The normalized spacial score (nSPS) is 10.5. The molecular formula is C22H24N2O4. The van der Waals surface area contributed by atoms with Gasteiger partial charge >= 0.3 is 0 Å². The Kier molecular flexibility index (Phi) is 6.32. The van der Waals surface area contributed by atoms with Crippen LogP contribution in [0.3, 0.4) is 0 Å². The van der Waals surface area contributed by atoms with Crippen molar-refractivity contribution in [3.8, 4) is 17.2 Å². The van der Waals surface area contributed by atoms with Gasteiger partial charge in [-0.25, -0.2) is 0 Å². The summed E-state index contributed by atoms with van der Waals surface area (Å²) in [6.45, 7) is 0.486. The van der Waals surface area contributed by atoms with Crippen LogP contribution in [0.5, 0.6) is 17.2 Å². The van der Waals surface area contributed by atoms with Crippen molar-refractivity contribution in [2.24, 2.45) is 0 Å². The van der Waals surface area contributed by atoms with Crippen LogP contribution in [-0.2, 0) is 17.8 Å². The predicted octanol–water partition coefficient (Wildman–Crippen LogP) is 3.51. The zero-order chi connectivity index (χ0) is 19.9. The molecule has 0 saturated carbocycles. The summed E-state index contributed by atoms with van der Waals surface area (Å²) >= 11 is 0. The summed E-state index contributed by atoms with van der Waals surface area (Å²) < 4.78 is 16.2. The second-order valence-corrected chi connectivity index (χ2v) is 6.33. The molecule has 0 radical (unpaired) electrons. The highest BCUT2D eigenvalue weighted by atomic mass is 16.5. The number of methoxy groups -OCH3 is 3. The Morgan fingerprint density at radius 3 is 2.54 bits per heavy atom. The maximum atomic E-state index is 12.3. The number of fused-ring (bicyclic) bond motifs is 1. The maximum Gasteiger partial charge on any atom is 0.220 e. The van der Waals surface area contributed by atoms with E-state index in [1.54, 1.807) is 27.5 Å². The fourth-order valence-electron chi connectivity index (χ4n) is 3.14. The zero-order valence-electron chi connectivity index (χ0n) is 16.3. The highest BCUT2D eigenvalue weighted by Crippen LogP contribution is 2.40. The average Bonchev–Trinajstić information content (AvgIpc) is 2.75. The SMILES string of the molecule is COc1ccc(CCC(=O)NCc2ccc3cnccc3c2)c(OC)c1OC. The molecule has 6 nitrogen and oxygen atoms in total. The molecular weight excluding hydrogens is 356 g/mol. The minimum atomic E-state index is -0.0216. The van der Waals surface area contributed by atoms with Crippen LogP contribution in [-0.4, -0.2) is 32.2 Å². The number of carbonyl (C=O) groups excluding carboxylic acids is 1. The van der Waals surface area contributed by atoms with E-state index in [1.807, 2.05) is 36.5 Å². The Morgan fingerprint density at radius 1 is 0.964 bits per heavy atom. The summed E-state index contributed by atoms with van der Waals surface area (Å²) in [6.07, 6.45) is 4.48. The number of benzene rings is 2. The van der Waals surface area contributed by atoms with Crippen LogP contribution in [0, 0.1) is 0 Å². The zero-order valence-corrected chi connectivity index (χ0v) is 16.3. The summed E-state index contributed by atoms with van der Waals surface area (Å²) in [5, 5.41) is 5.16.